The number of carbonyl (C=O) groups is 1. The maximum absolute atomic E-state index is 15.3. The Morgan fingerprint density at radius 1 is 1.37 bits per heavy atom. The molecule has 0 spiro atoms. The first-order chi connectivity index (χ1) is 14.3. The van der Waals surface area contributed by atoms with Gasteiger partial charge in [-0.05, 0) is 18.4 Å². The first kappa shape index (κ1) is 18.7. The lowest BCUT2D eigenvalue weighted by molar-refractivity contribution is 0.129. The molecule has 10 heteroatoms. The first-order valence-corrected chi connectivity index (χ1v) is 9.61. The molecule has 0 saturated carbocycles. The molecule has 3 atom stereocenters. The Labute approximate surface area is 170 Å². The summed E-state index contributed by atoms with van der Waals surface area (Å²) in [5, 5.41) is 20.8. The van der Waals surface area contributed by atoms with E-state index >= 15 is 4.39 Å². The number of aliphatic hydroxyl groups is 1. The van der Waals surface area contributed by atoms with Crippen molar-refractivity contribution >= 4 is 22.7 Å². The summed E-state index contributed by atoms with van der Waals surface area (Å²) < 4.78 is 27.3. The maximum atomic E-state index is 15.3. The van der Waals surface area contributed by atoms with Gasteiger partial charge in [0.2, 0.25) is 11.2 Å². The van der Waals surface area contributed by atoms with Gasteiger partial charge in [0.25, 0.3) is 0 Å². The van der Waals surface area contributed by atoms with Crippen molar-refractivity contribution in [1.29, 1.82) is 0 Å². The van der Waals surface area contributed by atoms with E-state index in [2.05, 4.69) is 4.74 Å². The average molecular weight is 417 g/mol. The minimum absolute atomic E-state index is 0.00269. The van der Waals surface area contributed by atoms with E-state index in [0.29, 0.717) is 18.6 Å². The minimum Gasteiger partial charge on any atom is -0.467 e. The molecule has 1 aromatic carbocycles. The Morgan fingerprint density at radius 2 is 2.17 bits per heavy atom. The van der Waals surface area contributed by atoms with Crippen LogP contribution in [0.3, 0.4) is 0 Å². The Bertz CT molecular complexity index is 1150. The van der Waals surface area contributed by atoms with Crippen LogP contribution in [-0.4, -0.2) is 54.0 Å². The third kappa shape index (κ3) is 2.71. The maximum Gasteiger partial charge on any atom is 0.511 e. The lowest BCUT2D eigenvalue weighted by Crippen LogP contribution is -2.39. The molecule has 0 radical (unpaired) electrons. The number of nitrogens with zero attached hydrogens (tertiary/aromatic N) is 3. The van der Waals surface area contributed by atoms with Gasteiger partial charge in [0.1, 0.15) is 11.2 Å². The van der Waals surface area contributed by atoms with Gasteiger partial charge in [-0.2, -0.15) is 0 Å². The number of ether oxygens (including phenoxy) is 2. The monoisotopic (exact) mass is 417 g/mol. The number of rotatable bonds is 2. The number of pyridine rings is 1. The highest BCUT2D eigenvalue weighted by molar-refractivity contribution is 5.93. The van der Waals surface area contributed by atoms with Crippen molar-refractivity contribution in [2.75, 3.05) is 36.8 Å². The average Bonchev–Trinajstić information content (AvgIpc) is 3.12. The molecule has 0 amide bonds. The largest absolute Gasteiger partial charge is 0.511 e. The van der Waals surface area contributed by atoms with E-state index in [1.807, 2.05) is 11.0 Å². The predicted octanol–water partition coefficient (Wildman–Crippen LogP) is 1.49. The molecule has 3 unspecified atom stereocenters. The van der Waals surface area contributed by atoms with Crippen molar-refractivity contribution in [1.82, 2.24) is 4.68 Å². The fourth-order valence-corrected chi connectivity index (χ4v) is 4.71. The molecule has 3 heterocycles. The van der Waals surface area contributed by atoms with Gasteiger partial charge in [0.05, 0.1) is 17.7 Å². The number of carboxylic acid groups (broad SMARTS) is 1. The standard InChI is InChI=1S/C20H20FN3O6/c1-22-9-29-19-16-11(18(26)15(8-24(16)22)30-20(27)28)5-13(21)17(19)23-6-10-3-2-4-14(25)12(10)7-23/h2,4-5,8,10,12,14,25H,3,6-7,9H2,1H3,(H,27,28). The number of allylic oxidation sites excluding steroid dienone is 1. The van der Waals surface area contributed by atoms with Crippen LogP contribution in [0.25, 0.3) is 10.9 Å². The van der Waals surface area contributed by atoms with Crippen molar-refractivity contribution in [2.24, 2.45) is 11.8 Å². The normalized spacial score (nSPS) is 24.7. The van der Waals surface area contributed by atoms with Gasteiger partial charge in [-0.3, -0.25) is 14.5 Å². The quantitative estimate of drug-likeness (QED) is 0.560. The third-order valence-electron chi connectivity index (χ3n) is 6.10. The second-order valence-electron chi connectivity index (χ2n) is 7.88. The Hall–Kier alpha value is -3.27. The molecule has 1 fully saturated rings. The van der Waals surface area contributed by atoms with E-state index in [1.165, 1.54) is 10.9 Å². The van der Waals surface area contributed by atoms with Crippen LogP contribution in [0.1, 0.15) is 6.42 Å². The predicted molar refractivity (Wildman–Crippen MR) is 105 cm³/mol. The van der Waals surface area contributed by atoms with Crippen molar-refractivity contribution in [3.8, 4) is 11.5 Å². The lowest BCUT2D eigenvalue weighted by atomic mass is 9.84. The molecule has 1 aromatic heterocycles. The zero-order chi connectivity index (χ0) is 21.2. The number of anilines is 1. The zero-order valence-corrected chi connectivity index (χ0v) is 16.1. The second-order valence-corrected chi connectivity index (χ2v) is 7.88. The van der Waals surface area contributed by atoms with E-state index in [-0.39, 0.29) is 35.4 Å². The second kappa shape index (κ2) is 6.63. The molecular formula is C20H20FN3O6. The molecule has 0 bridgehead atoms. The number of benzene rings is 1. The molecule has 158 valence electrons. The van der Waals surface area contributed by atoms with Gasteiger partial charge in [-0.25, -0.2) is 9.18 Å². The van der Waals surface area contributed by atoms with E-state index in [1.54, 1.807) is 18.1 Å². The van der Waals surface area contributed by atoms with Gasteiger partial charge in [0.15, 0.2) is 18.3 Å². The molecule has 30 heavy (non-hydrogen) atoms. The van der Waals surface area contributed by atoms with Crippen LogP contribution < -0.4 is 24.8 Å². The third-order valence-corrected chi connectivity index (χ3v) is 6.10. The molecule has 2 aromatic rings. The van der Waals surface area contributed by atoms with E-state index in [9.17, 15) is 14.7 Å². The molecule has 3 aliphatic rings. The minimum atomic E-state index is -1.63. The van der Waals surface area contributed by atoms with Crippen LogP contribution >= 0.6 is 0 Å². The summed E-state index contributed by atoms with van der Waals surface area (Å²) in [4.78, 5) is 25.6. The number of halogens is 1. The molecular weight excluding hydrogens is 397 g/mol. The highest BCUT2D eigenvalue weighted by Gasteiger charge is 2.40. The topological polar surface area (TPSA) is 104 Å². The summed E-state index contributed by atoms with van der Waals surface area (Å²) in [5.74, 6) is -0.630. The highest BCUT2D eigenvalue weighted by atomic mass is 19.1. The van der Waals surface area contributed by atoms with Crippen LogP contribution in [0, 0.1) is 17.7 Å². The molecule has 2 N–H and O–H groups in total. The van der Waals surface area contributed by atoms with Gasteiger partial charge in [0, 0.05) is 26.1 Å². The zero-order valence-electron chi connectivity index (χ0n) is 16.1. The fourth-order valence-electron chi connectivity index (χ4n) is 4.71. The van der Waals surface area contributed by atoms with E-state index in [4.69, 9.17) is 9.84 Å². The lowest BCUT2D eigenvalue weighted by Gasteiger charge is -2.33. The van der Waals surface area contributed by atoms with Crippen LogP contribution in [0.4, 0.5) is 14.9 Å². The van der Waals surface area contributed by atoms with Gasteiger partial charge in [-0.1, -0.05) is 12.2 Å². The van der Waals surface area contributed by atoms with Gasteiger partial charge in [-0.15, -0.1) is 0 Å². The van der Waals surface area contributed by atoms with Crippen molar-refractivity contribution in [2.45, 2.75) is 12.5 Å². The summed E-state index contributed by atoms with van der Waals surface area (Å²) in [6, 6.07) is 1.10. The summed E-state index contributed by atoms with van der Waals surface area (Å²) >= 11 is 0. The Kier molecular flexibility index (Phi) is 4.14. The van der Waals surface area contributed by atoms with Crippen LogP contribution in [-0.2, 0) is 0 Å². The fraction of sp³-hybridized carbons (Fsp3) is 0.400. The van der Waals surface area contributed by atoms with E-state index in [0.717, 1.165) is 12.5 Å². The summed E-state index contributed by atoms with van der Waals surface area (Å²) in [5.41, 5.74) is -0.141. The first-order valence-electron chi connectivity index (χ1n) is 9.61. The summed E-state index contributed by atoms with van der Waals surface area (Å²) in [6.45, 7) is 1.10. The number of fused-ring (bicyclic) bond motifs is 1. The Balaban J connectivity index is 1.68. The van der Waals surface area contributed by atoms with Crippen molar-refractivity contribution in [3.63, 3.8) is 0 Å². The molecule has 9 nitrogen and oxygen atoms in total. The van der Waals surface area contributed by atoms with Crippen LogP contribution in [0.2, 0.25) is 0 Å². The van der Waals surface area contributed by atoms with E-state index < -0.39 is 29.3 Å². The number of hydrogen-bond acceptors (Lipinski definition) is 7. The van der Waals surface area contributed by atoms with Crippen molar-refractivity contribution < 1.29 is 28.9 Å². The number of aromatic nitrogens is 1. The smallest absolute Gasteiger partial charge is 0.467 e. The SMILES string of the molecule is CN1COc2c(N3CC4CC=CC(O)C4C3)c(F)cc3c(=O)c(OC(=O)O)cn1c23. The molecule has 1 aliphatic carbocycles. The number of hydrogen-bond donors (Lipinski definition) is 2. The van der Waals surface area contributed by atoms with Gasteiger partial charge >= 0.3 is 6.16 Å². The van der Waals surface area contributed by atoms with Crippen molar-refractivity contribution in [3.05, 3.63) is 40.5 Å². The number of aliphatic hydroxyl groups excluding tert-OH is 1. The molecule has 2 aliphatic heterocycles. The van der Waals surface area contributed by atoms with Gasteiger partial charge < -0.3 is 24.6 Å². The highest BCUT2D eigenvalue weighted by Crippen LogP contribution is 2.44. The van der Waals surface area contributed by atoms with Crippen LogP contribution in [0.15, 0.2) is 29.2 Å². The Morgan fingerprint density at radius 3 is 2.90 bits per heavy atom. The summed E-state index contributed by atoms with van der Waals surface area (Å²) in [6.07, 6.45) is 3.60. The van der Waals surface area contributed by atoms with Crippen LogP contribution in [0.5, 0.6) is 11.5 Å². The summed E-state index contributed by atoms with van der Waals surface area (Å²) in [7, 11) is 1.69. The molecule has 1 saturated heterocycles. The molecule has 5 rings (SSSR count).